The van der Waals surface area contributed by atoms with Crippen molar-refractivity contribution in [1.82, 2.24) is 15.1 Å². The van der Waals surface area contributed by atoms with Crippen LogP contribution in [0.25, 0.3) is 0 Å². The van der Waals surface area contributed by atoms with Crippen LogP contribution in [0.2, 0.25) is 0 Å². The summed E-state index contributed by atoms with van der Waals surface area (Å²) in [5, 5.41) is 12.6. The van der Waals surface area contributed by atoms with Gasteiger partial charge in [-0.15, -0.1) is 0 Å². The molecular weight excluding hydrogens is 214 g/mol. The maximum atomic E-state index is 9.29. The third kappa shape index (κ3) is 4.92. The van der Waals surface area contributed by atoms with E-state index in [0.717, 1.165) is 13.1 Å². The summed E-state index contributed by atoms with van der Waals surface area (Å²) in [4.78, 5) is 4.93. The van der Waals surface area contributed by atoms with Crippen LogP contribution in [-0.4, -0.2) is 73.4 Å². The first-order chi connectivity index (χ1) is 8.21. The molecule has 0 saturated carbocycles. The van der Waals surface area contributed by atoms with Gasteiger partial charge in [-0.2, -0.15) is 0 Å². The fraction of sp³-hybridized carbons (Fsp3) is 1.00. The molecule has 0 bridgehead atoms. The van der Waals surface area contributed by atoms with Gasteiger partial charge in [0.05, 0.1) is 6.61 Å². The number of aliphatic hydroxyl groups excluding tert-OH is 1. The molecule has 4 nitrogen and oxygen atoms in total. The minimum Gasteiger partial charge on any atom is -0.395 e. The summed E-state index contributed by atoms with van der Waals surface area (Å²) < 4.78 is 0. The van der Waals surface area contributed by atoms with E-state index >= 15 is 0 Å². The molecule has 0 aromatic heterocycles. The van der Waals surface area contributed by atoms with Crippen molar-refractivity contribution in [3.8, 4) is 0 Å². The van der Waals surface area contributed by atoms with Crippen molar-refractivity contribution >= 4 is 0 Å². The lowest BCUT2D eigenvalue weighted by Gasteiger charge is -2.37. The fourth-order valence-corrected chi connectivity index (χ4v) is 2.65. The molecule has 1 aliphatic rings. The summed E-state index contributed by atoms with van der Waals surface area (Å²) in [6, 6.07) is 0.903. The van der Waals surface area contributed by atoms with Gasteiger partial charge in [0.2, 0.25) is 0 Å². The van der Waals surface area contributed by atoms with Crippen LogP contribution in [0.5, 0.6) is 0 Å². The molecule has 1 unspecified atom stereocenters. The zero-order valence-corrected chi connectivity index (χ0v) is 11.7. The molecule has 0 spiro atoms. The molecule has 0 aliphatic carbocycles. The lowest BCUT2D eigenvalue weighted by atomic mass is 10.0. The number of likely N-dealkylation sites (N-methyl/N-ethyl adjacent to an activating group) is 2. The van der Waals surface area contributed by atoms with Gasteiger partial charge in [-0.1, -0.05) is 13.8 Å². The van der Waals surface area contributed by atoms with Crippen molar-refractivity contribution in [2.24, 2.45) is 0 Å². The van der Waals surface area contributed by atoms with Crippen molar-refractivity contribution in [2.75, 3.05) is 46.4 Å². The average Bonchev–Trinajstić information content (AvgIpc) is 2.38. The highest BCUT2D eigenvalue weighted by molar-refractivity contribution is 4.80. The smallest absolute Gasteiger partial charge is 0.0597 e. The minimum absolute atomic E-state index is 0.217. The summed E-state index contributed by atoms with van der Waals surface area (Å²) in [6.45, 7) is 10.0. The van der Waals surface area contributed by atoms with E-state index in [-0.39, 0.29) is 12.6 Å². The molecule has 0 aromatic carbocycles. The Hall–Kier alpha value is -0.160. The van der Waals surface area contributed by atoms with Crippen LogP contribution in [0.15, 0.2) is 0 Å². The minimum atomic E-state index is 0.217. The lowest BCUT2D eigenvalue weighted by molar-refractivity contribution is 0.112. The van der Waals surface area contributed by atoms with Gasteiger partial charge >= 0.3 is 0 Å². The Balaban J connectivity index is 2.30. The van der Waals surface area contributed by atoms with Gasteiger partial charge < -0.3 is 20.2 Å². The second-order valence-corrected chi connectivity index (χ2v) is 5.04. The van der Waals surface area contributed by atoms with Gasteiger partial charge in [0.25, 0.3) is 0 Å². The monoisotopic (exact) mass is 243 g/mol. The van der Waals surface area contributed by atoms with Crippen molar-refractivity contribution in [3.05, 3.63) is 0 Å². The van der Waals surface area contributed by atoms with E-state index in [1.807, 2.05) is 0 Å². The van der Waals surface area contributed by atoms with E-state index < -0.39 is 0 Å². The van der Waals surface area contributed by atoms with Gasteiger partial charge in [0.1, 0.15) is 0 Å². The summed E-state index contributed by atoms with van der Waals surface area (Å²) in [7, 11) is 2.19. The number of nitrogens with zero attached hydrogens (tertiary/aromatic N) is 2. The van der Waals surface area contributed by atoms with E-state index in [0.29, 0.717) is 6.04 Å². The highest BCUT2D eigenvalue weighted by atomic mass is 16.3. The predicted molar refractivity (Wildman–Crippen MR) is 72.3 cm³/mol. The van der Waals surface area contributed by atoms with Crippen LogP contribution in [0.1, 0.15) is 26.7 Å². The van der Waals surface area contributed by atoms with Crippen molar-refractivity contribution in [1.29, 1.82) is 0 Å². The van der Waals surface area contributed by atoms with Gasteiger partial charge in [0.15, 0.2) is 0 Å². The Morgan fingerprint density at radius 2 is 2.00 bits per heavy atom. The van der Waals surface area contributed by atoms with E-state index in [4.69, 9.17) is 0 Å². The highest BCUT2D eigenvalue weighted by Gasteiger charge is 2.22. The van der Waals surface area contributed by atoms with Gasteiger partial charge in [-0.25, -0.2) is 0 Å². The number of hydrogen-bond donors (Lipinski definition) is 2. The molecule has 4 heteroatoms. The summed E-state index contributed by atoms with van der Waals surface area (Å²) in [6.07, 6.45) is 2.52. The molecule has 1 fully saturated rings. The number of nitrogens with one attached hydrogen (secondary N) is 1. The van der Waals surface area contributed by atoms with Crippen LogP contribution in [-0.2, 0) is 0 Å². The first-order valence-electron chi connectivity index (χ1n) is 6.98. The van der Waals surface area contributed by atoms with Crippen LogP contribution >= 0.6 is 0 Å². The molecule has 1 aliphatic heterocycles. The van der Waals surface area contributed by atoms with Crippen molar-refractivity contribution in [3.63, 3.8) is 0 Å². The first-order valence-corrected chi connectivity index (χ1v) is 6.98. The molecule has 0 radical (unpaired) electrons. The number of likely N-dealkylation sites (tertiary alicyclic amines) is 1. The molecular formula is C13H29N3O. The Labute approximate surface area is 106 Å². The van der Waals surface area contributed by atoms with Gasteiger partial charge in [0, 0.05) is 18.6 Å². The van der Waals surface area contributed by atoms with Crippen LogP contribution in [0.3, 0.4) is 0 Å². The van der Waals surface area contributed by atoms with Crippen molar-refractivity contribution in [2.45, 2.75) is 38.8 Å². The standard InChI is InChI=1S/C13H29N3O/c1-4-14-12(11-17)10-15(3)13-6-8-16(5-2)9-7-13/h12-14,17H,4-11H2,1-3H3. The van der Waals surface area contributed by atoms with Crippen LogP contribution < -0.4 is 5.32 Å². The summed E-state index contributed by atoms with van der Waals surface area (Å²) in [5.74, 6) is 0. The van der Waals surface area contributed by atoms with Gasteiger partial charge in [-0.05, 0) is 46.1 Å². The molecule has 0 aromatic rings. The average molecular weight is 243 g/mol. The molecule has 17 heavy (non-hydrogen) atoms. The molecule has 1 heterocycles. The van der Waals surface area contributed by atoms with E-state index in [2.05, 4.69) is 36.0 Å². The van der Waals surface area contributed by atoms with E-state index in [1.54, 1.807) is 0 Å². The fourth-order valence-electron chi connectivity index (χ4n) is 2.65. The molecule has 2 N–H and O–H groups in total. The lowest BCUT2D eigenvalue weighted by Crippen LogP contribution is -2.49. The Morgan fingerprint density at radius 3 is 2.47 bits per heavy atom. The Morgan fingerprint density at radius 1 is 1.35 bits per heavy atom. The van der Waals surface area contributed by atoms with E-state index in [1.165, 1.54) is 32.5 Å². The number of hydrogen-bond acceptors (Lipinski definition) is 4. The Kier molecular flexibility index (Phi) is 7.04. The SMILES string of the molecule is CCNC(CO)CN(C)C1CCN(CC)CC1. The summed E-state index contributed by atoms with van der Waals surface area (Å²) >= 11 is 0. The third-order valence-electron chi connectivity index (χ3n) is 3.85. The largest absolute Gasteiger partial charge is 0.395 e. The maximum absolute atomic E-state index is 9.29. The predicted octanol–water partition coefficient (Wildman–Crippen LogP) is 0.373. The Bertz CT molecular complexity index is 193. The zero-order valence-electron chi connectivity index (χ0n) is 11.7. The number of rotatable bonds is 7. The van der Waals surface area contributed by atoms with Crippen LogP contribution in [0, 0.1) is 0 Å². The second kappa shape index (κ2) is 8.03. The number of piperidine rings is 1. The van der Waals surface area contributed by atoms with Crippen molar-refractivity contribution < 1.29 is 5.11 Å². The topological polar surface area (TPSA) is 38.7 Å². The molecule has 1 saturated heterocycles. The normalized spacial score (nSPS) is 21.0. The first kappa shape index (κ1) is 14.9. The highest BCUT2D eigenvalue weighted by Crippen LogP contribution is 2.15. The maximum Gasteiger partial charge on any atom is 0.0597 e. The second-order valence-electron chi connectivity index (χ2n) is 5.04. The third-order valence-corrected chi connectivity index (χ3v) is 3.85. The van der Waals surface area contributed by atoms with Crippen LogP contribution in [0.4, 0.5) is 0 Å². The van der Waals surface area contributed by atoms with Gasteiger partial charge in [-0.3, -0.25) is 0 Å². The summed E-state index contributed by atoms with van der Waals surface area (Å²) in [5.41, 5.74) is 0. The molecule has 102 valence electrons. The zero-order chi connectivity index (χ0) is 12.7. The molecule has 1 rings (SSSR count). The number of aliphatic hydroxyl groups is 1. The molecule has 1 atom stereocenters. The quantitative estimate of drug-likeness (QED) is 0.678. The molecule has 0 amide bonds. The van der Waals surface area contributed by atoms with E-state index in [9.17, 15) is 5.11 Å².